The maximum absolute atomic E-state index is 13.7. The molecule has 0 heterocycles. The molecule has 0 spiro atoms. The van der Waals surface area contributed by atoms with Crippen molar-refractivity contribution in [2.24, 2.45) is 0 Å². The molecule has 0 bridgehead atoms. The van der Waals surface area contributed by atoms with Crippen molar-refractivity contribution >= 4 is 11.9 Å². The summed E-state index contributed by atoms with van der Waals surface area (Å²) in [5.74, 6) is -2.54. The van der Waals surface area contributed by atoms with Gasteiger partial charge in [0.25, 0.3) is 5.91 Å². The third kappa shape index (κ3) is 6.08. The van der Waals surface area contributed by atoms with Crippen molar-refractivity contribution in [1.82, 2.24) is 5.32 Å². The lowest BCUT2D eigenvalue weighted by Gasteiger charge is -2.15. The molecule has 0 saturated heterocycles. The average molecular weight is 374 g/mol. The van der Waals surface area contributed by atoms with E-state index in [-0.39, 0.29) is 5.56 Å². The van der Waals surface area contributed by atoms with E-state index < -0.39 is 42.8 Å². The first-order chi connectivity index (χ1) is 12.9. The van der Waals surface area contributed by atoms with Crippen LogP contribution in [-0.4, -0.2) is 25.1 Å². The number of carbonyl (C=O) groups excluding carboxylic acids is 2. The van der Waals surface area contributed by atoms with Gasteiger partial charge in [-0.3, -0.25) is 4.79 Å². The van der Waals surface area contributed by atoms with Crippen LogP contribution in [0.25, 0.3) is 0 Å². The number of benzene rings is 2. The van der Waals surface area contributed by atoms with Crippen LogP contribution < -0.4 is 10.1 Å². The van der Waals surface area contributed by atoms with Crippen LogP contribution in [0.2, 0.25) is 0 Å². The number of amides is 1. The molecular formula is C19H16F2N2O4. The molecule has 0 aromatic heterocycles. The zero-order chi connectivity index (χ0) is 19.8. The second-order valence-electron chi connectivity index (χ2n) is 5.54. The molecule has 0 saturated carbocycles. The van der Waals surface area contributed by atoms with Crippen LogP contribution in [0.15, 0.2) is 42.5 Å². The summed E-state index contributed by atoms with van der Waals surface area (Å²) < 4.78 is 36.5. The van der Waals surface area contributed by atoms with Gasteiger partial charge in [-0.05, 0) is 37.3 Å². The first-order valence-electron chi connectivity index (χ1n) is 7.92. The van der Waals surface area contributed by atoms with Gasteiger partial charge in [0.05, 0.1) is 17.7 Å². The average Bonchev–Trinajstić information content (AvgIpc) is 2.65. The van der Waals surface area contributed by atoms with Crippen molar-refractivity contribution in [3.63, 3.8) is 0 Å². The predicted molar refractivity (Wildman–Crippen MR) is 90.5 cm³/mol. The largest absolute Gasteiger partial charge is 0.482 e. The van der Waals surface area contributed by atoms with E-state index >= 15 is 0 Å². The molecule has 2 rings (SSSR count). The Bertz CT molecular complexity index is 863. The molecule has 1 atom stereocenters. The second kappa shape index (κ2) is 9.29. The predicted octanol–water partition coefficient (Wildman–Crippen LogP) is 2.64. The number of rotatable bonds is 7. The summed E-state index contributed by atoms with van der Waals surface area (Å²) in [5.41, 5.74) is 0.563. The summed E-state index contributed by atoms with van der Waals surface area (Å²) in [5, 5.41) is 11.1. The Morgan fingerprint density at radius 2 is 1.85 bits per heavy atom. The first-order valence-corrected chi connectivity index (χ1v) is 7.92. The molecule has 0 aliphatic rings. The molecule has 1 amide bonds. The van der Waals surface area contributed by atoms with Crippen LogP contribution in [0.4, 0.5) is 8.78 Å². The number of nitriles is 1. The van der Waals surface area contributed by atoms with E-state index in [4.69, 9.17) is 14.7 Å². The van der Waals surface area contributed by atoms with Crippen molar-refractivity contribution in [3.8, 4) is 11.8 Å². The molecule has 2 aromatic rings. The van der Waals surface area contributed by atoms with Gasteiger partial charge >= 0.3 is 5.97 Å². The van der Waals surface area contributed by atoms with Gasteiger partial charge in [0.15, 0.2) is 13.2 Å². The van der Waals surface area contributed by atoms with Crippen molar-refractivity contribution in [1.29, 1.82) is 5.26 Å². The number of ether oxygens (including phenoxy) is 2. The van der Waals surface area contributed by atoms with Gasteiger partial charge in [-0.25, -0.2) is 13.6 Å². The number of nitrogens with zero attached hydrogens (tertiary/aromatic N) is 1. The van der Waals surface area contributed by atoms with E-state index in [1.54, 1.807) is 0 Å². The Hall–Kier alpha value is -3.47. The van der Waals surface area contributed by atoms with Gasteiger partial charge in [-0.2, -0.15) is 5.26 Å². The monoisotopic (exact) mass is 374 g/mol. The molecule has 0 unspecified atom stereocenters. The summed E-state index contributed by atoms with van der Waals surface area (Å²) in [6.45, 7) is 0.536. The fraction of sp³-hybridized carbons (Fsp3) is 0.211. The van der Waals surface area contributed by atoms with E-state index in [0.717, 1.165) is 12.1 Å². The van der Waals surface area contributed by atoms with Crippen LogP contribution in [0, 0.1) is 23.0 Å². The molecular weight excluding hydrogens is 358 g/mol. The Morgan fingerprint density at radius 1 is 1.15 bits per heavy atom. The van der Waals surface area contributed by atoms with Crippen molar-refractivity contribution in [2.75, 3.05) is 13.2 Å². The molecule has 0 fully saturated rings. The van der Waals surface area contributed by atoms with E-state index in [0.29, 0.717) is 11.3 Å². The molecule has 0 aliphatic heterocycles. The quantitative estimate of drug-likeness (QED) is 0.753. The topological polar surface area (TPSA) is 88.4 Å². The Morgan fingerprint density at radius 3 is 2.48 bits per heavy atom. The highest BCUT2D eigenvalue weighted by Crippen LogP contribution is 2.17. The molecule has 0 aliphatic carbocycles. The molecule has 27 heavy (non-hydrogen) atoms. The van der Waals surface area contributed by atoms with Gasteiger partial charge in [0.1, 0.15) is 17.4 Å². The van der Waals surface area contributed by atoms with Crippen molar-refractivity contribution < 1.29 is 27.8 Å². The van der Waals surface area contributed by atoms with Crippen LogP contribution in [0.1, 0.15) is 24.1 Å². The molecule has 0 radical (unpaired) electrons. The van der Waals surface area contributed by atoms with Crippen LogP contribution >= 0.6 is 0 Å². The van der Waals surface area contributed by atoms with E-state index in [2.05, 4.69) is 5.32 Å². The fourth-order valence-electron chi connectivity index (χ4n) is 2.17. The molecule has 1 N–H and O–H groups in total. The summed E-state index contributed by atoms with van der Waals surface area (Å²) in [7, 11) is 0. The number of carbonyl (C=O) groups is 2. The lowest BCUT2D eigenvalue weighted by atomic mass is 10.1. The molecule has 140 valence electrons. The normalized spacial score (nSPS) is 11.2. The Kier molecular flexibility index (Phi) is 6.83. The maximum Gasteiger partial charge on any atom is 0.344 e. The number of halogens is 2. The number of esters is 1. The maximum atomic E-state index is 13.7. The van der Waals surface area contributed by atoms with Crippen LogP contribution in [0.5, 0.6) is 5.75 Å². The van der Waals surface area contributed by atoms with Gasteiger partial charge < -0.3 is 14.8 Å². The number of hydrogen-bond acceptors (Lipinski definition) is 5. The van der Waals surface area contributed by atoms with Crippen molar-refractivity contribution in [2.45, 2.75) is 13.0 Å². The highest BCUT2D eigenvalue weighted by molar-refractivity contribution is 5.81. The lowest BCUT2D eigenvalue weighted by molar-refractivity contribution is -0.150. The lowest BCUT2D eigenvalue weighted by Crippen LogP contribution is -2.32. The minimum absolute atomic E-state index is 0.111. The standard InChI is InChI=1S/C19H16F2N2O4/c1-12(16-7-4-14(20)8-17(16)21)23-18(24)10-27-19(25)11-26-15-5-2-13(9-22)3-6-15/h2-8,12H,10-11H2,1H3,(H,23,24)/t12-/m0/s1. The molecule has 6 nitrogen and oxygen atoms in total. The summed E-state index contributed by atoms with van der Waals surface area (Å²) in [6, 6.07) is 10.4. The Labute approximate surface area is 154 Å². The third-order valence-electron chi connectivity index (χ3n) is 3.51. The van der Waals surface area contributed by atoms with E-state index in [1.807, 2.05) is 6.07 Å². The summed E-state index contributed by atoms with van der Waals surface area (Å²) in [6.07, 6.45) is 0. The zero-order valence-electron chi connectivity index (χ0n) is 14.4. The number of nitrogens with one attached hydrogen (secondary N) is 1. The van der Waals surface area contributed by atoms with Crippen LogP contribution in [0.3, 0.4) is 0 Å². The number of hydrogen-bond donors (Lipinski definition) is 1. The SMILES string of the molecule is C[C@H](NC(=O)COC(=O)COc1ccc(C#N)cc1)c1ccc(F)cc1F. The van der Waals surface area contributed by atoms with E-state index in [1.165, 1.54) is 37.3 Å². The van der Waals surface area contributed by atoms with Gasteiger partial charge in [-0.15, -0.1) is 0 Å². The highest BCUT2D eigenvalue weighted by atomic mass is 19.1. The van der Waals surface area contributed by atoms with Gasteiger partial charge in [0.2, 0.25) is 0 Å². The van der Waals surface area contributed by atoms with E-state index in [9.17, 15) is 18.4 Å². The minimum Gasteiger partial charge on any atom is -0.482 e. The van der Waals surface area contributed by atoms with Crippen LogP contribution in [-0.2, 0) is 14.3 Å². The first kappa shape index (κ1) is 19.8. The minimum atomic E-state index is -0.782. The fourth-order valence-corrected chi connectivity index (χ4v) is 2.17. The summed E-state index contributed by atoms with van der Waals surface area (Å²) in [4.78, 5) is 23.4. The molecule has 2 aromatic carbocycles. The highest BCUT2D eigenvalue weighted by Gasteiger charge is 2.15. The Balaban J connectivity index is 1.75. The summed E-state index contributed by atoms with van der Waals surface area (Å²) >= 11 is 0. The van der Waals surface area contributed by atoms with Gasteiger partial charge in [-0.1, -0.05) is 6.07 Å². The molecule has 8 heteroatoms. The second-order valence-corrected chi connectivity index (χ2v) is 5.54. The van der Waals surface area contributed by atoms with Gasteiger partial charge in [0, 0.05) is 11.6 Å². The third-order valence-corrected chi connectivity index (χ3v) is 3.51. The zero-order valence-corrected chi connectivity index (χ0v) is 14.4. The van der Waals surface area contributed by atoms with Crippen molar-refractivity contribution in [3.05, 3.63) is 65.2 Å². The smallest absolute Gasteiger partial charge is 0.344 e.